The Balaban J connectivity index is 1.76. The summed E-state index contributed by atoms with van der Waals surface area (Å²) in [5.74, 6) is -0.188. The average Bonchev–Trinajstić information content (AvgIpc) is 2.78. The van der Waals surface area contributed by atoms with Crippen LogP contribution in [0.5, 0.6) is 0 Å². The number of nitrogens with zero attached hydrogens (tertiary/aromatic N) is 1. The minimum absolute atomic E-state index is 0.0890. The number of aryl methyl sites for hydroxylation is 2. The minimum atomic E-state index is -3.66. The van der Waals surface area contributed by atoms with E-state index < -0.39 is 10.0 Å². The first-order valence-corrected chi connectivity index (χ1v) is 11.7. The van der Waals surface area contributed by atoms with Gasteiger partial charge in [-0.25, -0.2) is 8.42 Å². The third-order valence-electron chi connectivity index (χ3n) is 5.41. The van der Waals surface area contributed by atoms with E-state index in [1.807, 2.05) is 13.8 Å². The highest BCUT2D eigenvalue weighted by Crippen LogP contribution is 2.24. The van der Waals surface area contributed by atoms with Crippen LogP contribution in [0, 0.1) is 13.8 Å². The van der Waals surface area contributed by atoms with E-state index in [4.69, 9.17) is 0 Å². The molecule has 0 bridgehead atoms. The van der Waals surface area contributed by atoms with E-state index in [0.717, 1.165) is 17.5 Å². The third kappa shape index (κ3) is 4.97. The number of anilines is 1. The number of amides is 1. The van der Waals surface area contributed by atoms with E-state index in [-0.39, 0.29) is 16.8 Å². The molecule has 162 valence electrons. The van der Waals surface area contributed by atoms with Crippen molar-refractivity contribution in [1.29, 1.82) is 0 Å². The van der Waals surface area contributed by atoms with Crippen LogP contribution in [0.15, 0.2) is 77.7 Å². The van der Waals surface area contributed by atoms with E-state index in [0.29, 0.717) is 11.3 Å². The number of hydrogen-bond acceptors (Lipinski definition) is 3. The topological polar surface area (TPSA) is 66.5 Å². The van der Waals surface area contributed by atoms with Crippen molar-refractivity contribution in [2.75, 3.05) is 11.4 Å². The summed E-state index contributed by atoms with van der Waals surface area (Å²) in [4.78, 5) is 13.0. The van der Waals surface area contributed by atoms with Gasteiger partial charge in [-0.1, -0.05) is 48.9 Å². The summed E-state index contributed by atoms with van der Waals surface area (Å²) in [6.07, 6.45) is 0.770. The molecule has 1 N–H and O–H groups in total. The maximum absolute atomic E-state index is 12.8. The summed E-state index contributed by atoms with van der Waals surface area (Å²) < 4.78 is 26.8. The second-order valence-electron chi connectivity index (χ2n) is 7.63. The molecule has 3 rings (SSSR count). The van der Waals surface area contributed by atoms with E-state index in [2.05, 4.69) is 30.4 Å². The zero-order valence-corrected chi connectivity index (χ0v) is 19.1. The van der Waals surface area contributed by atoms with Crippen molar-refractivity contribution in [3.8, 4) is 0 Å². The van der Waals surface area contributed by atoms with Gasteiger partial charge in [0.05, 0.1) is 16.6 Å². The van der Waals surface area contributed by atoms with Crippen LogP contribution < -0.4 is 9.62 Å². The Labute approximate surface area is 184 Å². The highest BCUT2D eigenvalue weighted by atomic mass is 32.2. The van der Waals surface area contributed by atoms with Crippen molar-refractivity contribution < 1.29 is 13.2 Å². The third-order valence-corrected chi connectivity index (χ3v) is 7.21. The van der Waals surface area contributed by atoms with Crippen LogP contribution in [-0.4, -0.2) is 21.4 Å². The lowest BCUT2D eigenvalue weighted by atomic mass is 9.97. The van der Waals surface area contributed by atoms with Gasteiger partial charge >= 0.3 is 0 Å². The van der Waals surface area contributed by atoms with E-state index >= 15 is 0 Å². The predicted octanol–water partition coefficient (Wildman–Crippen LogP) is 5.01. The molecule has 3 aromatic carbocycles. The minimum Gasteiger partial charge on any atom is -0.345 e. The number of rotatable bonds is 7. The van der Waals surface area contributed by atoms with Gasteiger partial charge in [0.15, 0.2) is 0 Å². The number of benzene rings is 3. The Hall–Kier alpha value is -3.12. The highest BCUT2D eigenvalue weighted by Gasteiger charge is 2.21. The lowest BCUT2D eigenvalue weighted by molar-refractivity contribution is 0.0935. The van der Waals surface area contributed by atoms with Gasteiger partial charge in [0.1, 0.15) is 0 Å². The summed E-state index contributed by atoms with van der Waals surface area (Å²) in [6, 6.07) is 21.0. The van der Waals surface area contributed by atoms with Gasteiger partial charge in [-0.3, -0.25) is 9.10 Å². The Morgan fingerprint density at radius 1 is 0.968 bits per heavy atom. The molecule has 1 atom stereocenters. The van der Waals surface area contributed by atoms with Crippen LogP contribution in [-0.2, 0) is 10.0 Å². The van der Waals surface area contributed by atoms with Crippen molar-refractivity contribution in [2.45, 2.75) is 38.1 Å². The zero-order valence-electron chi connectivity index (χ0n) is 18.3. The monoisotopic (exact) mass is 436 g/mol. The molecule has 0 unspecified atom stereocenters. The largest absolute Gasteiger partial charge is 0.345 e. The maximum atomic E-state index is 12.8. The zero-order chi connectivity index (χ0) is 22.6. The molecule has 0 heterocycles. The first-order valence-electron chi connectivity index (χ1n) is 10.3. The smallest absolute Gasteiger partial charge is 0.264 e. The van der Waals surface area contributed by atoms with Gasteiger partial charge < -0.3 is 5.32 Å². The molecular formula is C25H28N2O3S. The Kier molecular flexibility index (Phi) is 6.81. The SMILES string of the molecule is CC[C@@H](NC(=O)c1ccc(N(C)S(=O)(=O)c2ccccc2)cc1)c1ccc(C)cc1C. The molecule has 31 heavy (non-hydrogen) atoms. The average molecular weight is 437 g/mol. The van der Waals surface area contributed by atoms with Gasteiger partial charge in [-0.2, -0.15) is 0 Å². The highest BCUT2D eigenvalue weighted by molar-refractivity contribution is 7.92. The lowest BCUT2D eigenvalue weighted by Gasteiger charge is -2.21. The van der Waals surface area contributed by atoms with Gasteiger partial charge in [0, 0.05) is 12.6 Å². The summed E-state index contributed by atoms with van der Waals surface area (Å²) in [5.41, 5.74) is 4.41. The molecule has 0 radical (unpaired) electrons. The normalized spacial score (nSPS) is 12.3. The Morgan fingerprint density at radius 2 is 1.61 bits per heavy atom. The van der Waals surface area contributed by atoms with Crippen LogP contribution >= 0.6 is 0 Å². The van der Waals surface area contributed by atoms with Gasteiger partial charge in [-0.05, 0) is 67.8 Å². The first kappa shape index (κ1) is 22.6. The summed E-state index contributed by atoms with van der Waals surface area (Å²) >= 11 is 0. The summed E-state index contributed by atoms with van der Waals surface area (Å²) in [7, 11) is -2.16. The van der Waals surface area contributed by atoms with Gasteiger partial charge in [-0.15, -0.1) is 0 Å². The summed E-state index contributed by atoms with van der Waals surface area (Å²) in [5, 5.41) is 3.09. The van der Waals surface area contributed by atoms with E-state index in [1.54, 1.807) is 54.6 Å². The second kappa shape index (κ2) is 9.35. The number of carbonyl (C=O) groups excluding carboxylic acids is 1. The molecule has 0 fully saturated rings. The first-order chi connectivity index (χ1) is 14.7. The maximum Gasteiger partial charge on any atom is 0.264 e. The lowest BCUT2D eigenvalue weighted by Crippen LogP contribution is -2.29. The van der Waals surface area contributed by atoms with Gasteiger partial charge in [0.2, 0.25) is 0 Å². The Bertz CT molecular complexity index is 1160. The molecule has 0 aromatic heterocycles. The molecule has 0 saturated carbocycles. The fourth-order valence-corrected chi connectivity index (χ4v) is 4.79. The molecule has 0 saturated heterocycles. The van der Waals surface area contributed by atoms with E-state index in [9.17, 15) is 13.2 Å². The molecule has 0 aliphatic rings. The van der Waals surface area contributed by atoms with E-state index in [1.165, 1.54) is 16.9 Å². The van der Waals surface area contributed by atoms with Crippen molar-refractivity contribution in [1.82, 2.24) is 5.32 Å². The van der Waals surface area contributed by atoms with Crippen LogP contribution in [0.1, 0.15) is 46.4 Å². The van der Waals surface area contributed by atoms with Crippen molar-refractivity contribution in [3.63, 3.8) is 0 Å². The quantitative estimate of drug-likeness (QED) is 0.566. The van der Waals surface area contributed by atoms with Gasteiger partial charge in [0.25, 0.3) is 15.9 Å². The number of nitrogens with one attached hydrogen (secondary N) is 1. The van der Waals surface area contributed by atoms with Crippen LogP contribution in [0.25, 0.3) is 0 Å². The molecule has 0 aliphatic heterocycles. The fourth-order valence-electron chi connectivity index (χ4n) is 3.57. The van der Waals surface area contributed by atoms with Crippen LogP contribution in [0.4, 0.5) is 5.69 Å². The molecular weight excluding hydrogens is 408 g/mol. The molecule has 3 aromatic rings. The molecule has 0 spiro atoms. The number of hydrogen-bond donors (Lipinski definition) is 1. The second-order valence-corrected chi connectivity index (χ2v) is 9.60. The number of carbonyl (C=O) groups is 1. The molecule has 6 heteroatoms. The molecule has 1 amide bonds. The number of sulfonamides is 1. The van der Waals surface area contributed by atoms with Crippen molar-refractivity contribution in [3.05, 3.63) is 95.1 Å². The molecule has 0 aliphatic carbocycles. The predicted molar refractivity (Wildman–Crippen MR) is 125 cm³/mol. The van der Waals surface area contributed by atoms with Crippen LogP contribution in [0.2, 0.25) is 0 Å². The van der Waals surface area contributed by atoms with Crippen LogP contribution in [0.3, 0.4) is 0 Å². The molecule has 5 nitrogen and oxygen atoms in total. The van der Waals surface area contributed by atoms with Crippen molar-refractivity contribution in [2.24, 2.45) is 0 Å². The van der Waals surface area contributed by atoms with Crippen molar-refractivity contribution >= 4 is 21.6 Å². The Morgan fingerprint density at radius 3 is 2.19 bits per heavy atom. The standard InChI is InChI=1S/C25H28N2O3S/c1-5-24(23-16-11-18(2)17-19(23)3)26-25(28)20-12-14-21(15-13-20)27(4)31(29,30)22-9-7-6-8-10-22/h6-17,24H,5H2,1-4H3,(H,26,28)/t24-/m1/s1. The summed E-state index contributed by atoms with van der Waals surface area (Å²) in [6.45, 7) is 6.14. The fraction of sp³-hybridized carbons (Fsp3) is 0.240.